The molecule has 2 aromatic carbocycles. The highest BCUT2D eigenvalue weighted by atomic mass is 16.3. The lowest BCUT2D eigenvalue weighted by Gasteiger charge is -2.15. The number of nitriles is 1. The third-order valence-electron chi connectivity index (χ3n) is 5.04. The van der Waals surface area contributed by atoms with Gasteiger partial charge in [0.15, 0.2) is 0 Å². The molecule has 0 spiro atoms. The van der Waals surface area contributed by atoms with Gasteiger partial charge in [0, 0.05) is 12.0 Å². The van der Waals surface area contributed by atoms with Crippen LogP contribution in [-0.2, 0) is 19.4 Å². The molecular weight excluding hydrogens is 362 g/mol. The van der Waals surface area contributed by atoms with Gasteiger partial charge in [-0.3, -0.25) is 9.36 Å². The molecule has 0 fully saturated rings. The molecule has 5 nitrogen and oxygen atoms in total. The summed E-state index contributed by atoms with van der Waals surface area (Å²) in [5.41, 5.74) is 4.97. The monoisotopic (exact) mass is 387 g/mol. The number of hydrogen-bond donors (Lipinski definition) is 1. The van der Waals surface area contributed by atoms with E-state index in [4.69, 9.17) is 0 Å². The fourth-order valence-electron chi connectivity index (χ4n) is 3.58. The number of nitrogens with zero attached hydrogens (tertiary/aromatic N) is 3. The van der Waals surface area contributed by atoms with Crippen molar-refractivity contribution < 1.29 is 5.11 Å². The predicted molar refractivity (Wildman–Crippen MR) is 114 cm³/mol. The minimum absolute atomic E-state index is 0.0751. The van der Waals surface area contributed by atoms with E-state index >= 15 is 0 Å². The van der Waals surface area contributed by atoms with Gasteiger partial charge in [-0.05, 0) is 36.1 Å². The predicted octanol–water partition coefficient (Wildman–Crippen LogP) is 3.63. The Morgan fingerprint density at radius 3 is 2.52 bits per heavy atom. The van der Waals surface area contributed by atoms with Crippen molar-refractivity contribution in [3.63, 3.8) is 0 Å². The number of rotatable bonds is 7. The summed E-state index contributed by atoms with van der Waals surface area (Å²) in [6.45, 7) is 4.03. The summed E-state index contributed by atoms with van der Waals surface area (Å²) in [5, 5.41) is 18.6. The summed E-state index contributed by atoms with van der Waals surface area (Å²) in [5.74, 6) is 0.639. The van der Waals surface area contributed by atoms with Gasteiger partial charge < -0.3 is 5.11 Å². The summed E-state index contributed by atoms with van der Waals surface area (Å²) in [6, 6.07) is 17.7. The SMILES string of the molecule is CCCc1nc(C)n(CCO)c(=O)c1Cc1ccc(-c2ccccc2C#N)cc1. The molecule has 0 bridgehead atoms. The van der Waals surface area contributed by atoms with Crippen LogP contribution >= 0.6 is 0 Å². The summed E-state index contributed by atoms with van der Waals surface area (Å²) >= 11 is 0. The number of aliphatic hydroxyl groups excluding tert-OH is 1. The molecule has 0 saturated carbocycles. The molecule has 0 amide bonds. The number of benzene rings is 2. The third kappa shape index (κ3) is 4.44. The summed E-state index contributed by atoms with van der Waals surface area (Å²) < 4.78 is 1.55. The van der Waals surface area contributed by atoms with Crippen LogP contribution in [0, 0.1) is 18.3 Å². The summed E-state index contributed by atoms with van der Waals surface area (Å²) in [4.78, 5) is 17.7. The van der Waals surface area contributed by atoms with Gasteiger partial charge in [-0.15, -0.1) is 0 Å². The molecule has 0 saturated heterocycles. The highest BCUT2D eigenvalue weighted by Gasteiger charge is 2.15. The summed E-state index contributed by atoms with van der Waals surface area (Å²) in [7, 11) is 0. The summed E-state index contributed by atoms with van der Waals surface area (Å²) in [6.07, 6.45) is 2.15. The van der Waals surface area contributed by atoms with Crippen LogP contribution in [0.15, 0.2) is 53.3 Å². The molecule has 0 radical (unpaired) electrons. The molecule has 3 aromatic rings. The van der Waals surface area contributed by atoms with E-state index in [-0.39, 0.29) is 18.7 Å². The second-order valence-electron chi connectivity index (χ2n) is 7.05. The maximum atomic E-state index is 13.0. The molecule has 1 heterocycles. The van der Waals surface area contributed by atoms with E-state index in [0.717, 1.165) is 35.2 Å². The Kier molecular flexibility index (Phi) is 6.58. The maximum absolute atomic E-state index is 13.0. The molecule has 29 heavy (non-hydrogen) atoms. The lowest BCUT2D eigenvalue weighted by atomic mass is 9.97. The first-order chi connectivity index (χ1) is 14.1. The van der Waals surface area contributed by atoms with Crippen LogP contribution < -0.4 is 5.56 Å². The highest BCUT2D eigenvalue weighted by molar-refractivity contribution is 5.70. The molecule has 0 aliphatic heterocycles. The van der Waals surface area contributed by atoms with Gasteiger partial charge in [-0.1, -0.05) is 55.8 Å². The van der Waals surface area contributed by atoms with Crippen LogP contribution in [0.2, 0.25) is 0 Å². The fourth-order valence-corrected chi connectivity index (χ4v) is 3.58. The van der Waals surface area contributed by atoms with Gasteiger partial charge in [0.25, 0.3) is 5.56 Å². The van der Waals surface area contributed by atoms with Crippen molar-refractivity contribution in [2.24, 2.45) is 0 Å². The first-order valence-electron chi connectivity index (χ1n) is 9.87. The van der Waals surface area contributed by atoms with Crippen molar-refractivity contribution in [1.82, 2.24) is 9.55 Å². The molecule has 0 aliphatic carbocycles. The third-order valence-corrected chi connectivity index (χ3v) is 5.04. The zero-order chi connectivity index (χ0) is 20.8. The quantitative estimate of drug-likeness (QED) is 0.671. The van der Waals surface area contributed by atoms with Crippen LogP contribution in [-0.4, -0.2) is 21.3 Å². The Balaban J connectivity index is 1.97. The minimum Gasteiger partial charge on any atom is -0.395 e. The molecule has 5 heteroatoms. The second-order valence-corrected chi connectivity index (χ2v) is 7.05. The van der Waals surface area contributed by atoms with E-state index in [1.54, 1.807) is 11.5 Å². The van der Waals surface area contributed by atoms with Crippen LogP contribution in [0.25, 0.3) is 11.1 Å². The van der Waals surface area contributed by atoms with Crippen molar-refractivity contribution in [1.29, 1.82) is 5.26 Å². The largest absolute Gasteiger partial charge is 0.395 e. The smallest absolute Gasteiger partial charge is 0.257 e. The van der Waals surface area contributed by atoms with Gasteiger partial charge in [-0.2, -0.15) is 5.26 Å². The van der Waals surface area contributed by atoms with Crippen molar-refractivity contribution in [2.75, 3.05) is 6.61 Å². The van der Waals surface area contributed by atoms with Crippen LogP contribution in [0.3, 0.4) is 0 Å². The topological polar surface area (TPSA) is 78.9 Å². The van der Waals surface area contributed by atoms with E-state index < -0.39 is 0 Å². The van der Waals surface area contributed by atoms with Gasteiger partial charge in [-0.25, -0.2) is 4.98 Å². The number of aliphatic hydroxyl groups is 1. The molecule has 148 valence electrons. The molecule has 1 aromatic heterocycles. The Labute approximate surface area is 170 Å². The fraction of sp³-hybridized carbons (Fsp3) is 0.292. The molecule has 1 N–H and O–H groups in total. The van der Waals surface area contributed by atoms with Crippen molar-refractivity contribution in [3.05, 3.63) is 87.1 Å². The normalized spacial score (nSPS) is 10.7. The average molecular weight is 387 g/mol. The number of hydrogen-bond acceptors (Lipinski definition) is 4. The van der Waals surface area contributed by atoms with Gasteiger partial charge in [0.2, 0.25) is 0 Å². The van der Waals surface area contributed by atoms with Gasteiger partial charge >= 0.3 is 0 Å². The molecule has 0 aliphatic rings. The van der Waals surface area contributed by atoms with E-state index in [1.165, 1.54) is 0 Å². The van der Waals surface area contributed by atoms with E-state index in [9.17, 15) is 15.2 Å². The Bertz CT molecular complexity index is 1090. The molecule has 0 unspecified atom stereocenters. The maximum Gasteiger partial charge on any atom is 0.257 e. The molecular formula is C24H25N3O2. The van der Waals surface area contributed by atoms with E-state index in [1.807, 2.05) is 48.5 Å². The lowest BCUT2D eigenvalue weighted by Crippen LogP contribution is -2.30. The van der Waals surface area contributed by atoms with Crippen molar-refractivity contribution in [2.45, 2.75) is 39.7 Å². The lowest BCUT2D eigenvalue weighted by molar-refractivity contribution is 0.271. The minimum atomic E-state index is -0.0952. The molecule has 3 rings (SSSR count). The molecule has 0 atom stereocenters. The zero-order valence-corrected chi connectivity index (χ0v) is 16.9. The van der Waals surface area contributed by atoms with E-state index in [0.29, 0.717) is 23.4 Å². The average Bonchev–Trinajstić information content (AvgIpc) is 2.74. The van der Waals surface area contributed by atoms with E-state index in [2.05, 4.69) is 18.0 Å². The Morgan fingerprint density at radius 2 is 1.86 bits per heavy atom. The standard InChI is InChI=1S/C24H25N3O2/c1-3-6-23-22(24(29)27(13-14-28)17(2)26-23)15-18-9-11-19(12-10-18)21-8-5-4-7-20(21)16-25/h4-5,7-12,28H,3,6,13-15H2,1-2H3. The Morgan fingerprint density at radius 1 is 1.14 bits per heavy atom. The Hall–Kier alpha value is -3.23. The van der Waals surface area contributed by atoms with Crippen molar-refractivity contribution in [3.8, 4) is 17.2 Å². The first kappa shape index (κ1) is 20.5. The number of aryl methyl sites for hydroxylation is 2. The second kappa shape index (κ2) is 9.31. The first-order valence-corrected chi connectivity index (χ1v) is 9.87. The van der Waals surface area contributed by atoms with Crippen LogP contribution in [0.4, 0.5) is 0 Å². The van der Waals surface area contributed by atoms with Crippen LogP contribution in [0.5, 0.6) is 0 Å². The zero-order valence-electron chi connectivity index (χ0n) is 16.9. The number of aromatic nitrogens is 2. The van der Waals surface area contributed by atoms with Crippen molar-refractivity contribution >= 4 is 0 Å². The van der Waals surface area contributed by atoms with Crippen LogP contribution in [0.1, 0.15) is 41.6 Å². The van der Waals surface area contributed by atoms with Gasteiger partial charge in [0.1, 0.15) is 5.82 Å². The highest BCUT2D eigenvalue weighted by Crippen LogP contribution is 2.24. The van der Waals surface area contributed by atoms with Gasteiger partial charge in [0.05, 0.1) is 30.5 Å².